The van der Waals surface area contributed by atoms with Gasteiger partial charge >= 0.3 is 12.1 Å². The minimum Gasteiger partial charge on any atom is -0.462 e. The van der Waals surface area contributed by atoms with E-state index in [2.05, 4.69) is 55.2 Å². The van der Waals surface area contributed by atoms with E-state index in [4.69, 9.17) is 18.9 Å². The van der Waals surface area contributed by atoms with Crippen LogP contribution >= 0.6 is 0 Å². The summed E-state index contributed by atoms with van der Waals surface area (Å²) in [7, 11) is 4.03. The van der Waals surface area contributed by atoms with E-state index in [1.165, 1.54) is 116 Å². The van der Waals surface area contributed by atoms with Crippen molar-refractivity contribution in [3.05, 3.63) is 36.5 Å². The highest BCUT2D eigenvalue weighted by molar-refractivity contribution is 5.66. The molecule has 0 aromatic carbocycles. The number of nitrogens with zero attached hydrogens (tertiary/aromatic N) is 1. The van der Waals surface area contributed by atoms with Gasteiger partial charge in [-0.25, -0.2) is 4.79 Å². The highest BCUT2D eigenvalue weighted by Gasteiger charge is 2.16. The Morgan fingerprint density at radius 3 is 1.66 bits per heavy atom. The molecule has 7 heteroatoms. The molecule has 0 N–H and O–H groups in total. The van der Waals surface area contributed by atoms with Crippen molar-refractivity contribution >= 4 is 12.1 Å². The van der Waals surface area contributed by atoms with Crippen molar-refractivity contribution in [2.24, 2.45) is 0 Å². The molecule has 310 valence electrons. The Bertz CT molecular complexity index is 885. The molecule has 0 amide bonds. The average Bonchev–Trinajstić information content (AvgIpc) is 3.13. The Kier molecular flexibility index (Phi) is 39.4. The van der Waals surface area contributed by atoms with Crippen LogP contribution in [0.3, 0.4) is 0 Å². The third-order valence-corrected chi connectivity index (χ3v) is 9.45. The SMILES string of the molecule is CCCCCC=CCC=CCCCCCCCCOCC(CCCCCCCCC=CC[C@@H](CCCCCC)OC(C)=O)OC(=O)OCCCN(C)C. The van der Waals surface area contributed by atoms with E-state index in [9.17, 15) is 9.59 Å². The zero-order valence-electron chi connectivity index (χ0n) is 35.4. The number of allylic oxidation sites excluding steroid dienone is 5. The van der Waals surface area contributed by atoms with Crippen molar-refractivity contribution in [3.8, 4) is 0 Å². The molecule has 0 radical (unpaired) electrons. The van der Waals surface area contributed by atoms with Crippen LogP contribution in [0.2, 0.25) is 0 Å². The number of rotatable bonds is 39. The molecule has 0 spiro atoms. The molecule has 0 aliphatic heterocycles. The van der Waals surface area contributed by atoms with Gasteiger partial charge in [0.15, 0.2) is 0 Å². The van der Waals surface area contributed by atoms with Gasteiger partial charge in [0, 0.05) is 26.5 Å². The summed E-state index contributed by atoms with van der Waals surface area (Å²) in [6.45, 7) is 8.37. The van der Waals surface area contributed by atoms with Gasteiger partial charge in [-0.15, -0.1) is 0 Å². The van der Waals surface area contributed by atoms with Crippen LogP contribution in [0.5, 0.6) is 0 Å². The number of carbonyl (C=O) groups is 2. The van der Waals surface area contributed by atoms with Crippen molar-refractivity contribution in [2.75, 3.05) is 40.5 Å². The first-order valence-corrected chi connectivity index (χ1v) is 22.1. The van der Waals surface area contributed by atoms with Crippen LogP contribution in [0.4, 0.5) is 4.79 Å². The van der Waals surface area contributed by atoms with Gasteiger partial charge in [-0.1, -0.05) is 134 Å². The van der Waals surface area contributed by atoms with E-state index in [1.807, 2.05) is 14.1 Å². The van der Waals surface area contributed by atoms with Crippen molar-refractivity contribution in [2.45, 2.75) is 206 Å². The van der Waals surface area contributed by atoms with Crippen LogP contribution in [-0.4, -0.2) is 69.7 Å². The molecule has 0 bridgehead atoms. The van der Waals surface area contributed by atoms with Crippen molar-refractivity contribution < 1.29 is 28.5 Å². The molecule has 0 aliphatic rings. The monoisotopic (exact) mass is 748 g/mol. The van der Waals surface area contributed by atoms with Gasteiger partial charge in [0.1, 0.15) is 12.2 Å². The lowest BCUT2D eigenvalue weighted by atomic mass is 10.0. The Balaban J connectivity index is 4.17. The molecule has 53 heavy (non-hydrogen) atoms. The van der Waals surface area contributed by atoms with E-state index in [-0.39, 0.29) is 18.2 Å². The molecule has 0 rings (SSSR count). The lowest BCUT2D eigenvalue weighted by Crippen LogP contribution is -2.25. The van der Waals surface area contributed by atoms with E-state index >= 15 is 0 Å². The first kappa shape index (κ1) is 50.9. The second kappa shape index (κ2) is 41.1. The zero-order chi connectivity index (χ0) is 38.9. The number of hydrogen-bond donors (Lipinski definition) is 0. The number of carbonyl (C=O) groups excluding carboxylic acids is 2. The van der Waals surface area contributed by atoms with Crippen LogP contribution in [0.1, 0.15) is 194 Å². The average molecular weight is 748 g/mol. The fraction of sp³-hybridized carbons (Fsp3) is 0.826. The number of unbranched alkanes of at least 4 members (excludes halogenated alkanes) is 18. The third-order valence-electron chi connectivity index (χ3n) is 9.45. The fourth-order valence-corrected chi connectivity index (χ4v) is 6.26. The Morgan fingerprint density at radius 2 is 1.06 bits per heavy atom. The second-order valence-electron chi connectivity index (χ2n) is 15.1. The number of hydrogen-bond acceptors (Lipinski definition) is 7. The first-order valence-electron chi connectivity index (χ1n) is 22.1. The summed E-state index contributed by atoms with van der Waals surface area (Å²) in [5.74, 6) is -0.178. The zero-order valence-corrected chi connectivity index (χ0v) is 35.4. The molecule has 2 atom stereocenters. The number of esters is 1. The first-order chi connectivity index (χ1) is 25.9. The summed E-state index contributed by atoms with van der Waals surface area (Å²) in [5, 5.41) is 0. The lowest BCUT2D eigenvalue weighted by Gasteiger charge is -2.18. The molecule has 1 unspecified atom stereocenters. The molecule has 0 aromatic heterocycles. The van der Waals surface area contributed by atoms with Gasteiger partial charge in [-0.05, 0) is 97.6 Å². The summed E-state index contributed by atoms with van der Waals surface area (Å²) in [5.41, 5.74) is 0. The van der Waals surface area contributed by atoms with Crippen LogP contribution in [0.25, 0.3) is 0 Å². The summed E-state index contributed by atoms with van der Waals surface area (Å²) in [4.78, 5) is 25.9. The lowest BCUT2D eigenvalue weighted by molar-refractivity contribution is -0.146. The van der Waals surface area contributed by atoms with E-state index in [1.54, 1.807) is 0 Å². The molecule has 7 nitrogen and oxygen atoms in total. The second-order valence-corrected chi connectivity index (χ2v) is 15.1. The van der Waals surface area contributed by atoms with Gasteiger partial charge in [-0.3, -0.25) is 4.79 Å². The fourth-order valence-electron chi connectivity index (χ4n) is 6.26. The van der Waals surface area contributed by atoms with Crippen molar-refractivity contribution in [1.29, 1.82) is 0 Å². The molecule has 0 aliphatic carbocycles. The quantitative estimate of drug-likeness (QED) is 0.0352. The summed E-state index contributed by atoms with van der Waals surface area (Å²) >= 11 is 0. The summed E-state index contributed by atoms with van der Waals surface area (Å²) in [6.07, 6.45) is 43.8. The van der Waals surface area contributed by atoms with E-state index in [0.717, 1.165) is 70.8 Å². The Labute approximate surface area is 328 Å². The van der Waals surface area contributed by atoms with Gasteiger partial charge in [0.25, 0.3) is 0 Å². The molecule has 0 saturated heterocycles. The smallest absolute Gasteiger partial charge is 0.462 e. The highest BCUT2D eigenvalue weighted by Crippen LogP contribution is 2.16. The summed E-state index contributed by atoms with van der Waals surface area (Å²) in [6, 6.07) is 0. The van der Waals surface area contributed by atoms with Crippen LogP contribution in [-0.2, 0) is 23.7 Å². The standard InChI is InChI=1S/C46H85NO6/c1-6-8-10-12-13-14-15-16-17-18-19-20-24-27-30-34-40-50-42-45(53-46(49)51-41-35-39-47(4)5)38-33-29-26-23-21-22-25-28-32-37-44(52-43(3)48)36-31-11-9-7-2/h13-14,16-17,28,32,44-45H,6-12,15,18-27,29-31,33-42H2,1-5H3/t44-,45?/m1/s1. The predicted octanol–water partition coefficient (Wildman–Crippen LogP) is 13.3. The largest absolute Gasteiger partial charge is 0.508 e. The normalized spacial score (nSPS) is 13.1. The van der Waals surface area contributed by atoms with Gasteiger partial charge < -0.3 is 23.8 Å². The summed E-state index contributed by atoms with van der Waals surface area (Å²) < 4.78 is 22.5. The van der Waals surface area contributed by atoms with Crippen LogP contribution in [0.15, 0.2) is 36.5 Å². The Hall–Kier alpha value is -2.12. The minimum atomic E-state index is -0.574. The van der Waals surface area contributed by atoms with Crippen molar-refractivity contribution in [3.63, 3.8) is 0 Å². The molecule has 0 aromatic rings. The molecular weight excluding hydrogens is 663 g/mol. The predicted molar refractivity (Wildman–Crippen MR) is 225 cm³/mol. The molecule has 0 saturated carbocycles. The maximum Gasteiger partial charge on any atom is 0.508 e. The third kappa shape index (κ3) is 40.9. The Morgan fingerprint density at radius 1 is 0.547 bits per heavy atom. The van der Waals surface area contributed by atoms with E-state index < -0.39 is 6.16 Å². The molecular formula is C46H85NO6. The number of ether oxygens (including phenoxy) is 4. The van der Waals surface area contributed by atoms with Crippen molar-refractivity contribution in [1.82, 2.24) is 4.90 Å². The highest BCUT2D eigenvalue weighted by atomic mass is 16.7. The van der Waals surface area contributed by atoms with Gasteiger partial charge in [0.2, 0.25) is 0 Å². The van der Waals surface area contributed by atoms with Crippen LogP contribution < -0.4 is 0 Å². The maximum absolute atomic E-state index is 12.4. The van der Waals surface area contributed by atoms with Gasteiger partial charge in [0.05, 0.1) is 13.2 Å². The minimum absolute atomic E-state index is 0.0132. The van der Waals surface area contributed by atoms with Gasteiger partial charge in [-0.2, -0.15) is 0 Å². The van der Waals surface area contributed by atoms with Crippen LogP contribution in [0, 0.1) is 0 Å². The molecule has 0 heterocycles. The van der Waals surface area contributed by atoms with E-state index in [0.29, 0.717) is 19.8 Å². The maximum atomic E-state index is 12.4. The molecule has 0 fully saturated rings. The topological polar surface area (TPSA) is 74.3 Å².